The lowest BCUT2D eigenvalue weighted by molar-refractivity contribution is 0.475. The number of halogens is 1. The van der Waals surface area contributed by atoms with Crippen LogP contribution in [-0.4, -0.2) is 20.6 Å². The van der Waals surface area contributed by atoms with Crippen molar-refractivity contribution in [3.63, 3.8) is 0 Å². The standard InChI is InChI=1S/C14H15ClN2O3S/c1-9-6-12(15)14(8-13(9)16)21(19,20)17(2)10-4-3-5-11(18)7-10/h3-8,18H,16H2,1-2H3. The molecular weight excluding hydrogens is 312 g/mol. The van der Waals surface area contributed by atoms with Gasteiger partial charge < -0.3 is 10.8 Å². The molecule has 0 spiro atoms. The van der Waals surface area contributed by atoms with Crippen LogP contribution in [0.4, 0.5) is 11.4 Å². The van der Waals surface area contributed by atoms with E-state index in [-0.39, 0.29) is 15.7 Å². The quantitative estimate of drug-likeness (QED) is 0.849. The second-order valence-corrected chi connectivity index (χ2v) is 6.98. The van der Waals surface area contributed by atoms with Gasteiger partial charge in [-0.2, -0.15) is 0 Å². The SMILES string of the molecule is Cc1cc(Cl)c(S(=O)(=O)N(C)c2cccc(O)c2)cc1N. The van der Waals surface area contributed by atoms with Crippen LogP contribution in [-0.2, 0) is 10.0 Å². The maximum atomic E-state index is 12.6. The summed E-state index contributed by atoms with van der Waals surface area (Å²) in [7, 11) is -2.48. The number of phenolic OH excluding ortho intramolecular Hbond substituents is 1. The molecule has 0 amide bonds. The van der Waals surface area contributed by atoms with Crippen molar-refractivity contribution < 1.29 is 13.5 Å². The Morgan fingerprint density at radius 3 is 2.52 bits per heavy atom. The molecule has 2 rings (SSSR count). The fraction of sp³-hybridized carbons (Fsp3) is 0.143. The number of anilines is 2. The molecule has 0 aliphatic carbocycles. The first-order valence-electron chi connectivity index (χ1n) is 6.07. The van der Waals surface area contributed by atoms with Gasteiger partial charge in [-0.1, -0.05) is 17.7 Å². The predicted octanol–water partition coefficient (Wildman–Crippen LogP) is 2.76. The van der Waals surface area contributed by atoms with E-state index < -0.39 is 10.0 Å². The molecule has 21 heavy (non-hydrogen) atoms. The maximum Gasteiger partial charge on any atom is 0.265 e. The Labute approximate surface area is 128 Å². The molecule has 0 radical (unpaired) electrons. The molecule has 2 aromatic carbocycles. The number of benzene rings is 2. The Kier molecular flexibility index (Phi) is 4.02. The molecule has 112 valence electrons. The number of phenols is 1. The third-order valence-electron chi connectivity index (χ3n) is 3.15. The summed E-state index contributed by atoms with van der Waals surface area (Å²) in [5.74, 6) is -0.0240. The third kappa shape index (κ3) is 2.91. The van der Waals surface area contributed by atoms with Crippen LogP contribution in [0.1, 0.15) is 5.56 Å². The molecule has 3 N–H and O–H groups in total. The van der Waals surface area contributed by atoms with Gasteiger partial charge in [0, 0.05) is 18.8 Å². The van der Waals surface area contributed by atoms with Crippen molar-refractivity contribution in [3.05, 3.63) is 47.0 Å². The zero-order valence-corrected chi connectivity index (χ0v) is 13.1. The molecule has 7 heteroatoms. The highest BCUT2D eigenvalue weighted by molar-refractivity contribution is 7.93. The summed E-state index contributed by atoms with van der Waals surface area (Å²) >= 11 is 6.04. The molecule has 0 aliphatic rings. The summed E-state index contributed by atoms with van der Waals surface area (Å²) in [5.41, 5.74) is 7.15. The minimum Gasteiger partial charge on any atom is -0.508 e. The number of nitrogens with two attached hydrogens (primary N) is 1. The van der Waals surface area contributed by atoms with Crippen LogP contribution < -0.4 is 10.0 Å². The fourth-order valence-electron chi connectivity index (χ4n) is 1.84. The highest BCUT2D eigenvalue weighted by atomic mass is 35.5. The van der Waals surface area contributed by atoms with Gasteiger partial charge in [0.15, 0.2) is 0 Å². The van der Waals surface area contributed by atoms with Crippen LogP contribution in [0.25, 0.3) is 0 Å². The van der Waals surface area contributed by atoms with Crippen molar-refractivity contribution in [1.29, 1.82) is 0 Å². The zero-order valence-electron chi connectivity index (χ0n) is 11.5. The molecule has 0 atom stereocenters. The lowest BCUT2D eigenvalue weighted by Gasteiger charge is -2.21. The molecule has 0 aliphatic heterocycles. The molecule has 0 fully saturated rings. The highest BCUT2D eigenvalue weighted by Crippen LogP contribution is 2.31. The van der Waals surface area contributed by atoms with Crippen molar-refractivity contribution in [3.8, 4) is 5.75 Å². The van der Waals surface area contributed by atoms with Gasteiger partial charge >= 0.3 is 0 Å². The fourth-order valence-corrected chi connectivity index (χ4v) is 3.62. The van der Waals surface area contributed by atoms with E-state index >= 15 is 0 Å². The van der Waals surface area contributed by atoms with E-state index in [1.165, 1.54) is 31.3 Å². The molecule has 0 aromatic heterocycles. The van der Waals surface area contributed by atoms with Gasteiger partial charge in [-0.25, -0.2) is 8.42 Å². The summed E-state index contributed by atoms with van der Waals surface area (Å²) in [6, 6.07) is 8.79. The normalized spacial score (nSPS) is 11.4. The Hall–Kier alpha value is -1.92. The van der Waals surface area contributed by atoms with Crippen LogP contribution >= 0.6 is 11.6 Å². The van der Waals surface area contributed by atoms with Crippen LogP contribution in [0.15, 0.2) is 41.3 Å². The molecule has 2 aromatic rings. The van der Waals surface area contributed by atoms with Gasteiger partial charge in [0.05, 0.1) is 10.7 Å². The first-order chi connectivity index (χ1) is 9.73. The monoisotopic (exact) mass is 326 g/mol. The molecule has 0 saturated heterocycles. The van der Waals surface area contributed by atoms with E-state index in [0.29, 0.717) is 16.9 Å². The lowest BCUT2D eigenvalue weighted by Crippen LogP contribution is -2.27. The molecule has 0 saturated carbocycles. The van der Waals surface area contributed by atoms with Gasteiger partial charge in [-0.3, -0.25) is 4.31 Å². The number of sulfonamides is 1. The average molecular weight is 327 g/mol. The number of aryl methyl sites for hydroxylation is 1. The second-order valence-electron chi connectivity index (χ2n) is 4.63. The van der Waals surface area contributed by atoms with E-state index in [1.54, 1.807) is 19.1 Å². The number of nitrogen functional groups attached to an aromatic ring is 1. The Morgan fingerprint density at radius 1 is 1.24 bits per heavy atom. The van der Waals surface area contributed by atoms with Crippen molar-refractivity contribution in [1.82, 2.24) is 0 Å². The number of hydrogen-bond donors (Lipinski definition) is 2. The minimum absolute atomic E-state index is 0.0240. The van der Waals surface area contributed by atoms with E-state index in [4.69, 9.17) is 17.3 Å². The van der Waals surface area contributed by atoms with Gasteiger partial charge in [-0.15, -0.1) is 0 Å². The molecule has 0 unspecified atom stereocenters. The van der Waals surface area contributed by atoms with Gasteiger partial charge in [0.2, 0.25) is 0 Å². The molecule has 0 bridgehead atoms. The van der Waals surface area contributed by atoms with Crippen LogP contribution in [0, 0.1) is 6.92 Å². The summed E-state index contributed by atoms with van der Waals surface area (Å²) in [4.78, 5) is -0.0712. The van der Waals surface area contributed by atoms with E-state index in [9.17, 15) is 13.5 Å². The van der Waals surface area contributed by atoms with Gasteiger partial charge in [0.25, 0.3) is 10.0 Å². The third-order valence-corrected chi connectivity index (χ3v) is 5.40. The van der Waals surface area contributed by atoms with E-state index in [2.05, 4.69) is 0 Å². The summed E-state index contributed by atoms with van der Waals surface area (Å²) in [6.45, 7) is 1.75. The van der Waals surface area contributed by atoms with Crippen molar-refractivity contribution in [2.45, 2.75) is 11.8 Å². The Morgan fingerprint density at radius 2 is 1.90 bits per heavy atom. The zero-order chi connectivity index (χ0) is 15.8. The first kappa shape index (κ1) is 15.5. The van der Waals surface area contributed by atoms with Gasteiger partial charge in [0.1, 0.15) is 10.6 Å². The maximum absolute atomic E-state index is 12.6. The second kappa shape index (κ2) is 5.46. The predicted molar refractivity (Wildman–Crippen MR) is 84.3 cm³/mol. The van der Waals surface area contributed by atoms with Crippen LogP contribution in [0.3, 0.4) is 0 Å². The van der Waals surface area contributed by atoms with E-state index in [1.807, 2.05) is 0 Å². The van der Waals surface area contributed by atoms with E-state index in [0.717, 1.165) is 4.31 Å². The molecular formula is C14H15ClN2O3S. The smallest absolute Gasteiger partial charge is 0.265 e. The molecule has 5 nitrogen and oxygen atoms in total. The number of hydrogen-bond acceptors (Lipinski definition) is 4. The van der Waals surface area contributed by atoms with Crippen molar-refractivity contribution in [2.24, 2.45) is 0 Å². The lowest BCUT2D eigenvalue weighted by atomic mass is 10.2. The largest absolute Gasteiger partial charge is 0.508 e. The van der Waals surface area contributed by atoms with Gasteiger partial charge in [-0.05, 0) is 36.8 Å². The molecule has 0 heterocycles. The van der Waals surface area contributed by atoms with Crippen LogP contribution in [0.5, 0.6) is 5.75 Å². The number of rotatable bonds is 3. The average Bonchev–Trinajstić information content (AvgIpc) is 2.41. The van der Waals surface area contributed by atoms with Crippen molar-refractivity contribution in [2.75, 3.05) is 17.1 Å². The summed E-state index contributed by atoms with van der Waals surface area (Å²) in [5, 5.41) is 9.57. The first-order valence-corrected chi connectivity index (χ1v) is 7.89. The number of nitrogens with zero attached hydrogens (tertiary/aromatic N) is 1. The Bertz CT molecular complexity index is 791. The van der Waals surface area contributed by atoms with Crippen LogP contribution in [0.2, 0.25) is 5.02 Å². The number of aromatic hydroxyl groups is 1. The minimum atomic E-state index is -3.87. The Balaban J connectivity index is 2.54. The highest BCUT2D eigenvalue weighted by Gasteiger charge is 2.25. The summed E-state index contributed by atoms with van der Waals surface area (Å²) < 4.78 is 26.3. The summed E-state index contributed by atoms with van der Waals surface area (Å²) in [6.07, 6.45) is 0. The van der Waals surface area contributed by atoms with Crippen molar-refractivity contribution >= 4 is 33.0 Å². The topological polar surface area (TPSA) is 83.6 Å².